The Morgan fingerprint density at radius 1 is 1.31 bits per heavy atom. The van der Waals surface area contributed by atoms with Gasteiger partial charge in [0.2, 0.25) is 5.91 Å². The molecule has 0 aromatic carbocycles. The summed E-state index contributed by atoms with van der Waals surface area (Å²) in [6.07, 6.45) is 1.01. The summed E-state index contributed by atoms with van der Waals surface area (Å²) in [5, 5.41) is 2.70. The minimum absolute atomic E-state index is 0.0238. The second-order valence-corrected chi connectivity index (χ2v) is 3.90. The highest BCUT2D eigenvalue weighted by molar-refractivity contribution is 7.99. The molecule has 0 spiro atoms. The molecule has 0 saturated carbocycles. The lowest BCUT2D eigenvalue weighted by molar-refractivity contribution is -0.119. The van der Waals surface area contributed by atoms with Crippen molar-refractivity contribution in [2.75, 3.05) is 18.1 Å². The minimum atomic E-state index is 0.0238. The minimum Gasteiger partial charge on any atom is -0.355 e. The zero-order chi connectivity index (χ0) is 10.1. The molecule has 0 fully saturated rings. The summed E-state index contributed by atoms with van der Waals surface area (Å²) in [5.41, 5.74) is 0. The van der Waals surface area contributed by atoms with Gasteiger partial charge in [0.05, 0.1) is 5.75 Å². The molecule has 0 aromatic heterocycles. The van der Waals surface area contributed by atoms with Crippen LogP contribution in [0.5, 0.6) is 0 Å². The number of rotatable bonds is 7. The van der Waals surface area contributed by atoms with E-state index in [1.54, 1.807) is 11.8 Å². The molecule has 0 heterocycles. The first-order valence-electron chi connectivity index (χ1n) is 4.56. The summed E-state index contributed by atoms with van der Waals surface area (Å²) in [5.74, 6) is 1.66. The maximum Gasteiger partial charge on any atom is 0.230 e. The van der Waals surface area contributed by atoms with Crippen molar-refractivity contribution in [3.05, 3.63) is 0 Å². The highest BCUT2D eigenvalue weighted by atomic mass is 32.2. The Bertz CT molecular complexity index is 171. The number of Topliss-reactive ketones (excluding diaryl/α,β-unsaturated/α-hetero) is 1. The van der Waals surface area contributed by atoms with Crippen LogP contribution in [-0.2, 0) is 9.59 Å². The van der Waals surface area contributed by atoms with Gasteiger partial charge in [0, 0.05) is 19.4 Å². The molecule has 0 saturated heterocycles. The van der Waals surface area contributed by atoms with E-state index in [1.165, 1.54) is 0 Å². The lowest BCUT2D eigenvalue weighted by Crippen LogP contribution is -2.27. The summed E-state index contributed by atoms with van der Waals surface area (Å²) < 4.78 is 0. The van der Waals surface area contributed by atoms with Crippen LogP contribution in [-0.4, -0.2) is 29.7 Å². The summed E-state index contributed by atoms with van der Waals surface area (Å²) in [4.78, 5) is 21.9. The third-order valence-electron chi connectivity index (χ3n) is 1.56. The molecule has 0 rings (SSSR count). The first-order valence-corrected chi connectivity index (χ1v) is 5.72. The van der Waals surface area contributed by atoms with Crippen LogP contribution >= 0.6 is 11.8 Å². The van der Waals surface area contributed by atoms with E-state index in [-0.39, 0.29) is 11.7 Å². The Morgan fingerprint density at radius 2 is 2.00 bits per heavy atom. The zero-order valence-corrected chi connectivity index (χ0v) is 9.08. The van der Waals surface area contributed by atoms with Gasteiger partial charge < -0.3 is 5.32 Å². The van der Waals surface area contributed by atoms with Crippen molar-refractivity contribution < 1.29 is 9.59 Å². The predicted molar refractivity (Wildman–Crippen MR) is 55.9 cm³/mol. The number of amides is 1. The molecule has 0 aliphatic carbocycles. The number of carbonyl (C=O) groups is 2. The van der Waals surface area contributed by atoms with Crippen molar-refractivity contribution in [3.8, 4) is 0 Å². The molecule has 0 atom stereocenters. The van der Waals surface area contributed by atoms with Gasteiger partial charge in [-0.15, -0.1) is 0 Å². The lowest BCUT2D eigenvalue weighted by atomic mass is 10.2. The molecule has 0 aliphatic heterocycles. The fraction of sp³-hybridized carbons (Fsp3) is 0.778. The first kappa shape index (κ1) is 12.5. The van der Waals surface area contributed by atoms with Crippen LogP contribution in [0.1, 0.15) is 26.7 Å². The second-order valence-electron chi connectivity index (χ2n) is 2.63. The third kappa shape index (κ3) is 7.84. The summed E-state index contributed by atoms with van der Waals surface area (Å²) >= 11 is 1.58. The number of nitrogens with one attached hydrogen (secondary N) is 1. The van der Waals surface area contributed by atoms with E-state index >= 15 is 0 Å². The van der Waals surface area contributed by atoms with Crippen LogP contribution in [0, 0.1) is 0 Å². The average molecular weight is 203 g/mol. The van der Waals surface area contributed by atoms with Gasteiger partial charge in [-0.25, -0.2) is 0 Å². The quantitative estimate of drug-likeness (QED) is 0.677. The Hall–Kier alpha value is -0.510. The van der Waals surface area contributed by atoms with E-state index in [0.717, 1.165) is 5.75 Å². The average Bonchev–Trinajstić information content (AvgIpc) is 2.14. The molecule has 3 nitrogen and oxygen atoms in total. The van der Waals surface area contributed by atoms with Crippen molar-refractivity contribution >= 4 is 23.5 Å². The number of ketones is 1. The van der Waals surface area contributed by atoms with Gasteiger partial charge in [-0.05, 0) is 5.75 Å². The first-order chi connectivity index (χ1) is 6.20. The van der Waals surface area contributed by atoms with Crippen LogP contribution < -0.4 is 5.32 Å². The SMILES string of the molecule is CCSCC(=O)NCCC(=O)CC. The van der Waals surface area contributed by atoms with Gasteiger partial charge in [-0.1, -0.05) is 13.8 Å². The number of carbonyl (C=O) groups excluding carboxylic acids is 2. The van der Waals surface area contributed by atoms with Crippen molar-refractivity contribution in [2.45, 2.75) is 26.7 Å². The maximum absolute atomic E-state index is 11.0. The van der Waals surface area contributed by atoms with E-state index in [4.69, 9.17) is 0 Å². The van der Waals surface area contributed by atoms with E-state index in [2.05, 4.69) is 5.32 Å². The van der Waals surface area contributed by atoms with E-state index in [0.29, 0.717) is 25.1 Å². The number of thioether (sulfide) groups is 1. The van der Waals surface area contributed by atoms with Crippen LogP contribution in [0.3, 0.4) is 0 Å². The second kappa shape index (κ2) is 8.10. The Morgan fingerprint density at radius 3 is 2.54 bits per heavy atom. The standard InChI is InChI=1S/C9H17NO2S/c1-3-8(11)5-6-10-9(12)7-13-4-2/h3-7H2,1-2H3,(H,10,12). The Labute approximate surface area is 83.7 Å². The largest absolute Gasteiger partial charge is 0.355 e. The van der Waals surface area contributed by atoms with Crippen molar-refractivity contribution in [1.29, 1.82) is 0 Å². The normalized spacial score (nSPS) is 9.69. The number of hydrogen-bond donors (Lipinski definition) is 1. The molecule has 1 amide bonds. The van der Waals surface area contributed by atoms with Gasteiger partial charge in [0.15, 0.2) is 0 Å². The molecule has 4 heteroatoms. The summed E-state index contributed by atoms with van der Waals surface area (Å²) in [7, 11) is 0. The van der Waals surface area contributed by atoms with Gasteiger partial charge in [-0.3, -0.25) is 9.59 Å². The molecule has 0 aromatic rings. The molecule has 0 aliphatic rings. The molecule has 76 valence electrons. The maximum atomic E-state index is 11.0. The highest BCUT2D eigenvalue weighted by Crippen LogP contribution is 1.96. The van der Waals surface area contributed by atoms with Crippen molar-refractivity contribution in [2.24, 2.45) is 0 Å². The predicted octanol–water partition coefficient (Wildman–Crippen LogP) is 1.22. The molecular weight excluding hydrogens is 186 g/mol. The topological polar surface area (TPSA) is 46.2 Å². The van der Waals surface area contributed by atoms with Crippen LogP contribution in [0.15, 0.2) is 0 Å². The summed E-state index contributed by atoms with van der Waals surface area (Å²) in [6.45, 7) is 4.32. The van der Waals surface area contributed by atoms with Gasteiger partial charge in [0.1, 0.15) is 5.78 Å². The highest BCUT2D eigenvalue weighted by Gasteiger charge is 2.01. The van der Waals surface area contributed by atoms with E-state index in [9.17, 15) is 9.59 Å². The summed E-state index contributed by atoms with van der Waals surface area (Å²) in [6, 6.07) is 0. The van der Waals surface area contributed by atoms with Crippen LogP contribution in [0.4, 0.5) is 0 Å². The van der Waals surface area contributed by atoms with E-state index in [1.807, 2.05) is 13.8 Å². The van der Waals surface area contributed by atoms with Gasteiger partial charge >= 0.3 is 0 Å². The molecule has 1 N–H and O–H groups in total. The third-order valence-corrected chi connectivity index (χ3v) is 2.43. The van der Waals surface area contributed by atoms with Crippen LogP contribution in [0.2, 0.25) is 0 Å². The zero-order valence-electron chi connectivity index (χ0n) is 8.26. The molecular formula is C9H17NO2S. The molecule has 13 heavy (non-hydrogen) atoms. The van der Waals surface area contributed by atoms with Crippen LogP contribution in [0.25, 0.3) is 0 Å². The van der Waals surface area contributed by atoms with Gasteiger partial charge in [-0.2, -0.15) is 11.8 Å². The Balaban J connectivity index is 3.31. The smallest absolute Gasteiger partial charge is 0.230 e. The van der Waals surface area contributed by atoms with Crippen molar-refractivity contribution in [3.63, 3.8) is 0 Å². The number of hydrogen-bond acceptors (Lipinski definition) is 3. The Kier molecular flexibility index (Phi) is 7.79. The molecule has 0 radical (unpaired) electrons. The van der Waals surface area contributed by atoms with Gasteiger partial charge in [0.25, 0.3) is 0 Å². The molecule has 0 bridgehead atoms. The monoisotopic (exact) mass is 203 g/mol. The fourth-order valence-electron chi connectivity index (χ4n) is 0.764. The van der Waals surface area contributed by atoms with E-state index < -0.39 is 0 Å². The van der Waals surface area contributed by atoms with Crippen molar-refractivity contribution in [1.82, 2.24) is 5.32 Å². The lowest BCUT2D eigenvalue weighted by Gasteiger charge is -2.02. The molecule has 0 unspecified atom stereocenters. The fourth-order valence-corrected chi connectivity index (χ4v) is 1.26.